The number of hydrogen-bond donors (Lipinski definition) is 0. The topological polar surface area (TPSA) is 59.3 Å². The molecule has 0 fully saturated rings. The highest BCUT2D eigenvalue weighted by molar-refractivity contribution is 5.73. The van der Waals surface area contributed by atoms with Gasteiger partial charge in [0.1, 0.15) is 11.6 Å². The zero-order valence-corrected chi connectivity index (χ0v) is 9.62. The quantitative estimate of drug-likeness (QED) is 0.749. The van der Waals surface area contributed by atoms with E-state index in [0.717, 1.165) is 6.07 Å². The number of nitrogens with zero attached hydrogens (tertiary/aromatic N) is 1. The van der Waals surface area contributed by atoms with Crippen molar-refractivity contribution in [1.29, 1.82) is 5.26 Å². The third kappa shape index (κ3) is 3.18. The van der Waals surface area contributed by atoms with Crippen molar-refractivity contribution in [2.24, 2.45) is 0 Å². The maximum absolute atomic E-state index is 13.6. The highest BCUT2D eigenvalue weighted by atomic mass is 19.1. The summed E-state index contributed by atoms with van der Waals surface area (Å²) in [5.41, 5.74) is 0.247. The number of methoxy groups -OCH3 is 1. The lowest BCUT2D eigenvalue weighted by Gasteiger charge is -2.09. The van der Waals surface area contributed by atoms with Crippen molar-refractivity contribution in [1.82, 2.24) is 0 Å². The predicted molar refractivity (Wildman–Crippen MR) is 58.0 cm³/mol. The van der Waals surface area contributed by atoms with Crippen LogP contribution in [-0.4, -0.2) is 19.7 Å². The molecule has 1 aromatic carbocycles. The van der Waals surface area contributed by atoms with Gasteiger partial charge in [-0.2, -0.15) is 5.26 Å². The SMILES string of the molecule is CCOC(=O)Cc1c(F)cc(C#N)cc1OC. The molecule has 17 heavy (non-hydrogen) atoms. The fourth-order valence-electron chi connectivity index (χ4n) is 1.39. The summed E-state index contributed by atoms with van der Waals surface area (Å²) >= 11 is 0. The van der Waals surface area contributed by atoms with Gasteiger partial charge in [0.15, 0.2) is 0 Å². The molecule has 0 saturated carbocycles. The Kier molecular flexibility index (Phi) is 4.46. The van der Waals surface area contributed by atoms with Crippen molar-refractivity contribution < 1.29 is 18.7 Å². The maximum atomic E-state index is 13.6. The van der Waals surface area contributed by atoms with E-state index in [-0.39, 0.29) is 29.9 Å². The number of carbonyl (C=O) groups is 1. The minimum Gasteiger partial charge on any atom is -0.496 e. The summed E-state index contributed by atoms with van der Waals surface area (Å²) in [5.74, 6) is -1.00. The second-order valence-corrected chi connectivity index (χ2v) is 3.23. The molecule has 0 aliphatic rings. The summed E-state index contributed by atoms with van der Waals surface area (Å²) in [5, 5.41) is 8.68. The molecular formula is C12H12FNO3. The van der Waals surface area contributed by atoms with E-state index in [9.17, 15) is 9.18 Å². The van der Waals surface area contributed by atoms with Crippen LogP contribution >= 0.6 is 0 Å². The summed E-state index contributed by atoms with van der Waals surface area (Å²) in [6, 6.07) is 4.27. The molecule has 0 spiro atoms. The van der Waals surface area contributed by atoms with Gasteiger partial charge in [-0.25, -0.2) is 4.39 Å². The van der Waals surface area contributed by atoms with Gasteiger partial charge in [-0.15, -0.1) is 0 Å². The highest BCUT2D eigenvalue weighted by Crippen LogP contribution is 2.24. The molecule has 90 valence electrons. The monoisotopic (exact) mass is 237 g/mol. The summed E-state index contributed by atoms with van der Waals surface area (Å²) < 4.78 is 23.3. The number of halogens is 1. The standard InChI is InChI=1S/C12H12FNO3/c1-3-17-12(15)6-9-10(13)4-8(7-14)5-11(9)16-2/h4-5H,3,6H2,1-2H3. The number of nitriles is 1. The Labute approximate surface area is 98.6 Å². The zero-order chi connectivity index (χ0) is 12.8. The van der Waals surface area contributed by atoms with Crippen LogP contribution in [-0.2, 0) is 16.0 Å². The van der Waals surface area contributed by atoms with E-state index in [1.54, 1.807) is 6.92 Å². The van der Waals surface area contributed by atoms with Crippen LogP contribution in [0.25, 0.3) is 0 Å². The van der Waals surface area contributed by atoms with Crippen LogP contribution in [0.15, 0.2) is 12.1 Å². The van der Waals surface area contributed by atoms with Gasteiger partial charge in [-0.3, -0.25) is 4.79 Å². The second kappa shape index (κ2) is 5.85. The van der Waals surface area contributed by atoms with Crippen LogP contribution < -0.4 is 4.74 Å². The van der Waals surface area contributed by atoms with Gasteiger partial charge in [0.25, 0.3) is 0 Å². The average molecular weight is 237 g/mol. The van der Waals surface area contributed by atoms with Crippen molar-refractivity contribution in [3.8, 4) is 11.8 Å². The van der Waals surface area contributed by atoms with E-state index in [4.69, 9.17) is 14.7 Å². The van der Waals surface area contributed by atoms with Gasteiger partial charge in [0.2, 0.25) is 0 Å². The summed E-state index contributed by atoms with van der Waals surface area (Å²) in [4.78, 5) is 11.3. The van der Waals surface area contributed by atoms with E-state index in [1.165, 1.54) is 13.2 Å². The third-order valence-electron chi connectivity index (χ3n) is 2.13. The van der Waals surface area contributed by atoms with E-state index in [1.807, 2.05) is 6.07 Å². The molecule has 1 rings (SSSR count). The molecule has 0 aliphatic heterocycles. The summed E-state index contributed by atoms with van der Waals surface area (Å²) in [7, 11) is 1.35. The molecule has 0 atom stereocenters. The van der Waals surface area contributed by atoms with Gasteiger partial charge in [0, 0.05) is 5.56 Å². The molecule has 0 bridgehead atoms. The summed E-state index contributed by atoms with van der Waals surface area (Å²) in [6.07, 6.45) is -0.214. The van der Waals surface area contributed by atoms with Crippen molar-refractivity contribution in [3.05, 3.63) is 29.1 Å². The molecule has 4 nitrogen and oxygen atoms in total. The van der Waals surface area contributed by atoms with Gasteiger partial charge in [0.05, 0.1) is 31.8 Å². The van der Waals surface area contributed by atoms with Crippen LogP contribution in [0, 0.1) is 17.1 Å². The van der Waals surface area contributed by atoms with Gasteiger partial charge in [-0.1, -0.05) is 0 Å². The van der Waals surface area contributed by atoms with Crippen LogP contribution in [0.4, 0.5) is 4.39 Å². The Morgan fingerprint density at radius 2 is 2.24 bits per heavy atom. The number of rotatable bonds is 4. The van der Waals surface area contributed by atoms with Crippen LogP contribution in [0.3, 0.4) is 0 Å². The van der Waals surface area contributed by atoms with Gasteiger partial charge in [-0.05, 0) is 19.1 Å². The molecule has 0 aliphatic carbocycles. The number of esters is 1. The first kappa shape index (κ1) is 13.0. The van der Waals surface area contributed by atoms with Gasteiger partial charge < -0.3 is 9.47 Å². The molecule has 0 N–H and O–H groups in total. The number of ether oxygens (including phenoxy) is 2. The zero-order valence-electron chi connectivity index (χ0n) is 9.62. The minimum absolute atomic E-state index is 0.102. The normalized spacial score (nSPS) is 9.53. The Balaban J connectivity index is 3.06. The van der Waals surface area contributed by atoms with Crippen LogP contribution in [0.5, 0.6) is 5.75 Å². The van der Waals surface area contributed by atoms with E-state index in [2.05, 4.69) is 0 Å². The van der Waals surface area contributed by atoms with Gasteiger partial charge >= 0.3 is 5.97 Å². The Hall–Kier alpha value is -2.09. The lowest BCUT2D eigenvalue weighted by molar-refractivity contribution is -0.142. The van der Waals surface area contributed by atoms with Crippen molar-refractivity contribution in [2.75, 3.05) is 13.7 Å². The lowest BCUT2D eigenvalue weighted by Crippen LogP contribution is -2.10. The predicted octanol–water partition coefficient (Wildman–Crippen LogP) is 1.81. The molecular weight excluding hydrogens is 225 g/mol. The molecule has 1 aromatic rings. The largest absolute Gasteiger partial charge is 0.496 e. The van der Waals surface area contributed by atoms with Crippen LogP contribution in [0.2, 0.25) is 0 Å². The van der Waals surface area contributed by atoms with Crippen molar-refractivity contribution >= 4 is 5.97 Å². The minimum atomic E-state index is -0.644. The maximum Gasteiger partial charge on any atom is 0.310 e. The molecule has 0 radical (unpaired) electrons. The van der Waals surface area contributed by atoms with E-state index in [0.29, 0.717) is 0 Å². The molecule has 0 heterocycles. The highest BCUT2D eigenvalue weighted by Gasteiger charge is 2.16. The van der Waals surface area contributed by atoms with E-state index >= 15 is 0 Å². The lowest BCUT2D eigenvalue weighted by atomic mass is 10.1. The Morgan fingerprint density at radius 1 is 1.53 bits per heavy atom. The first-order chi connectivity index (χ1) is 8.12. The number of benzene rings is 1. The molecule has 0 unspecified atom stereocenters. The first-order valence-electron chi connectivity index (χ1n) is 5.04. The van der Waals surface area contributed by atoms with Crippen LogP contribution in [0.1, 0.15) is 18.1 Å². The number of carbonyl (C=O) groups excluding carboxylic acids is 1. The average Bonchev–Trinajstić information content (AvgIpc) is 2.31. The molecule has 0 saturated heterocycles. The Morgan fingerprint density at radius 3 is 2.76 bits per heavy atom. The smallest absolute Gasteiger partial charge is 0.310 e. The molecule has 0 amide bonds. The third-order valence-corrected chi connectivity index (χ3v) is 2.13. The second-order valence-electron chi connectivity index (χ2n) is 3.23. The molecule has 5 heteroatoms. The van der Waals surface area contributed by atoms with Crippen molar-refractivity contribution in [3.63, 3.8) is 0 Å². The Bertz CT molecular complexity index is 466. The molecule has 0 aromatic heterocycles. The first-order valence-corrected chi connectivity index (χ1v) is 5.04. The fraction of sp³-hybridized carbons (Fsp3) is 0.333. The van der Waals surface area contributed by atoms with Crippen molar-refractivity contribution in [2.45, 2.75) is 13.3 Å². The van der Waals surface area contributed by atoms with E-state index < -0.39 is 11.8 Å². The fourth-order valence-corrected chi connectivity index (χ4v) is 1.39. The number of hydrogen-bond acceptors (Lipinski definition) is 4. The summed E-state index contributed by atoms with van der Waals surface area (Å²) in [6.45, 7) is 1.91.